The van der Waals surface area contributed by atoms with Crippen LogP contribution in [0.2, 0.25) is 5.04 Å². The van der Waals surface area contributed by atoms with Gasteiger partial charge in [0.2, 0.25) is 0 Å². The van der Waals surface area contributed by atoms with Crippen molar-refractivity contribution >= 4 is 23.6 Å². The molecule has 4 rings (SSSR count). The summed E-state index contributed by atoms with van der Waals surface area (Å²) in [7, 11) is -2.77. The van der Waals surface area contributed by atoms with Crippen LogP contribution in [0.1, 0.15) is 97.1 Å². The molecule has 0 fully saturated rings. The second-order valence-electron chi connectivity index (χ2n) is 14.4. The maximum atomic E-state index is 4.15. The van der Waals surface area contributed by atoms with Crippen molar-refractivity contribution in [1.82, 2.24) is 0 Å². The smallest absolute Gasteiger partial charge is 1.00 e. The van der Waals surface area contributed by atoms with Gasteiger partial charge in [-0.3, -0.25) is 6.08 Å². The van der Waals surface area contributed by atoms with E-state index in [1.54, 1.807) is 0 Å². The predicted octanol–water partition coefficient (Wildman–Crippen LogP) is -0.454. The van der Waals surface area contributed by atoms with E-state index in [4.69, 9.17) is 0 Å². The van der Waals surface area contributed by atoms with Gasteiger partial charge in [-0.25, -0.2) is 5.57 Å². The van der Waals surface area contributed by atoms with E-state index in [1.807, 2.05) is 0 Å². The Hall–Kier alpha value is -1.06. The van der Waals surface area contributed by atoms with Crippen LogP contribution >= 0.6 is 0 Å². The van der Waals surface area contributed by atoms with E-state index in [2.05, 4.69) is 157 Å². The van der Waals surface area contributed by atoms with Crippen molar-refractivity contribution in [3.63, 3.8) is 0 Å². The van der Waals surface area contributed by atoms with Crippen molar-refractivity contribution in [2.75, 3.05) is 0 Å². The average molecular weight is 688 g/mol. The molecule has 230 valence electrons. The summed E-state index contributed by atoms with van der Waals surface area (Å²) in [6.45, 7) is 30.3. The first-order valence-corrected chi connectivity index (χ1v) is 16.5. The Labute approximate surface area is 297 Å². The molecule has 0 amide bonds. The Kier molecular flexibility index (Phi) is 14.2. The zero-order valence-electron chi connectivity index (χ0n) is 28.4. The third-order valence-corrected chi connectivity index (χ3v) is 14.8. The maximum Gasteiger partial charge on any atom is 4.00 e. The van der Waals surface area contributed by atoms with Gasteiger partial charge in [0.25, 0.3) is 0 Å². The molecule has 0 saturated carbocycles. The van der Waals surface area contributed by atoms with Crippen molar-refractivity contribution in [2.45, 2.75) is 106 Å². The molecular weight excluding hydrogens is 639 g/mol. The summed E-state index contributed by atoms with van der Waals surface area (Å²) in [5.41, 5.74) is 11.1. The van der Waals surface area contributed by atoms with Gasteiger partial charge < -0.3 is 37.2 Å². The van der Waals surface area contributed by atoms with Crippen LogP contribution < -0.4 is 52.8 Å². The van der Waals surface area contributed by atoms with Gasteiger partial charge in [-0.2, -0.15) is 11.1 Å². The first kappa shape index (κ1) is 41.9. The SMILES string of the molecule is CC1=[C-]C(C)([Si](c2cccc(C)c2)(c2cc(C)cc(C)c2)c2cc(C(C)(C)C)cc(C(C)(C)C)c2)C(C)=C1C.[Cl-].[Cl-].[Cl-].[Ti+4]. The van der Waals surface area contributed by atoms with E-state index >= 15 is 0 Å². The first-order valence-electron chi connectivity index (χ1n) is 14.5. The molecule has 2 unspecified atom stereocenters. The van der Waals surface area contributed by atoms with Crippen LogP contribution in [0.15, 0.2) is 77.4 Å². The molecular formula is C38H49Cl3SiTi. The van der Waals surface area contributed by atoms with Crippen LogP contribution in [0.3, 0.4) is 0 Å². The first-order chi connectivity index (χ1) is 17.9. The van der Waals surface area contributed by atoms with Gasteiger partial charge in [0.1, 0.15) is 8.07 Å². The number of halogens is 3. The molecule has 2 atom stereocenters. The van der Waals surface area contributed by atoms with Gasteiger partial charge in [0.05, 0.1) is 0 Å². The maximum absolute atomic E-state index is 4.15. The molecule has 0 radical (unpaired) electrons. The van der Waals surface area contributed by atoms with Crippen molar-refractivity contribution in [1.29, 1.82) is 0 Å². The normalized spacial score (nSPS) is 17.9. The fraction of sp³-hybridized carbons (Fsp3) is 0.421. The van der Waals surface area contributed by atoms with E-state index in [0.717, 1.165) is 0 Å². The number of benzene rings is 3. The minimum absolute atomic E-state index is 0. The molecule has 5 heteroatoms. The largest absolute Gasteiger partial charge is 4.00 e. The van der Waals surface area contributed by atoms with Crippen LogP contribution in [0, 0.1) is 26.8 Å². The summed E-state index contributed by atoms with van der Waals surface area (Å²) in [6, 6.07) is 24.3. The molecule has 0 saturated heterocycles. The standard InChI is InChI=1S/C38H49Si.3ClH.Ti/c1-25-15-14-16-33(18-25)39(34-19-26(2)17-27(3)20-34,38(13)24-28(4)29(5)30(38)6)35-22-31(36(7,8)9)21-32(23-35)37(10,11)12;;;;/h14-23H,1-13H3;3*1H;/q-1;;;;+4/p-3. The Balaban J connectivity index is 0.00000441. The molecule has 43 heavy (non-hydrogen) atoms. The summed E-state index contributed by atoms with van der Waals surface area (Å²) in [4.78, 5) is 0. The molecule has 0 heterocycles. The number of hydrogen-bond acceptors (Lipinski definition) is 0. The van der Waals surface area contributed by atoms with Gasteiger partial charge in [-0.15, -0.1) is 6.92 Å². The summed E-state index contributed by atoms with van der Waals surface area (Å²) in [5, 5.41) is 4.21. The Morgan fingerprint density at radius 1 is 0.581 bits per heavy atom. The van der Waals surface area contributed by atoms with Crippen LogP contribution in [-0.2, 0) is 32.5 Å². The van der Waals surface area contributed by atoms with Crippen molar-refractivity contribution < 1.29 is 58.9 Å². The second-order valence-corrected chi connectivity index (χ2v) is 18.7. The van der Waals surface area contributed by atoms with Gasteiger partial charge in [-0.05, 0) is 58.3 Å². The van der Waals surface area contributed by atoms with Crippen molar-refractivity contribution in [3.05, 3.63) is 111 Å². The zero-order valence-corrected chi connectivity index (χ0v) is 33.2. The molecule has 3 aromatic carbocycles. The molecule has 1 aliphatic rings. The van der Waals surface area contributed by atoms with E-state index in [9.17, 15) is 0 Å². The minimum Gasteiger partial charge on any atom is -1.00 e. The van der Waals surface area contributed by atoms with Crippen LogP contribution in [0.4, 0.5) is 0 Å². The summed E-state index contributed by atoms with van der Waals surface area (Å²) in [6.07, 6.45) is 4.15. The zero-order chi connectivity index (χ0) is 29.1. The number of allylic oxidation sites excluding steroid dienone is 4. The van der Waals surface area contributed by atoms with Crippen molar-refractivity contribution in [2.24, 2.45) is 0 Å². The average Bonchev–Trinajstić information content (AvgIpc) is 3.01. The Bertz CT molecular complexity index is 1450. The van der Waals surface area contributed by atoms with E-state index in [1.165, 1.54) is 60.1 Å². The number of rotatable bonds is 4. The summed E-state index contributed by atoms with van der Waals surface area (Å²) < 4.78 is 0. The molecule has 3 aromatic rings. The van der Waals surface area contributed by atoms with Crippen LogP contribution in [0.25, 0.3) is 0 Å². The van der Waals surface area contributed by atoms with Gasteiger partial charge in [0.15, 0.2) is 0 Å². The van der Waals surface area contributed by atoms with E-state index < -0.39 is 8.07 Å². The Morgan fingerprint density at radius 3 is 1.42 bits per heavy atom. The van der Waals surface area contributed by atoms with Crippen LogP contribution in [-0.4, -0.2) is 8.07 Å². The molecule has 0 aliphatic heterocycles. The molecule has 0 nitrogen and oxygen atoms in total. The Morgan fingerprint density at radius 2 is 1.02 bits per heavy atom. The molecule has 0 N–H and O–H groups in total. The predicted molar refractivity (Wildman–Crippen MR) is 175 cm³/mol. The third-order valence-electron chi connectivity index (χ3n) is 9.27. The summed E-state index contributed by atoms with van der Waals surface area (Å²) in [5.74, 6) is 0. The summed E-state index contributed by atoms with van der Waals surface area (Å²) >= 11 is 0. The fourth-order valence-electron chi connectivity index (χ4n) is 6.74. The van der Waals surface area contributed by atoms with E-state index in [0.29, 0.717) is 0 Å². The fourth-order valence-corrected chi connectivity index (χ4v) is 13.0. The molecule has 0 bridgehead atoms. The molecule has 0 spiro atoms. The van der Waals surface area contributed by atoms with Gasteiger partial charge in [-0.1, -0.05) is 145 Å². The quantitative estimate of drug-likeness (QED) is 0.198. The van der Waals surface area contributed by atoms with Crippen molar-refractivity contribution in [3.8, 4) is 0 Å². The minimum atomic E-state index is -2.77. The number of aryl methyl sites for hydroxylation is 3. The molecule has 1 aliphatic carbocycles. The van der Waals surface area contributed by atoms with Crippen LogP contribution in [0.5, 0.6) is 0 Å². The number of hydrogen-bond donors (Lipinski definition) is 0. The van der Waals surface area contributed by atoms with Gasteiger partial charge in [0, 0.05) is 0 Å². The monoisotopic (exact) mass is 686 g/mol. The second kappa shape index (κ2) is 14.6. The molecule has 0 aromatic heterocycles. The topological polar surface area (TPSA) is 0 Å². The third kappa shape index (κ3) is 7.51. The van der Waals surface area contributed by atoms with E-state index in [-0.39, 0.29) is 74.8 Å². The van der Waals surface area contributed by atoms with Gasteiger partial charge >= 0.3 is 21.7 Å².